The third kappa shape index (κ3) is 4.25. The predicted octanol–water partition coefficient (Wildman–Crippen LogP) is 2.25. The Morgan fingerprint density at radius 3 is 2.86 bits per heavy atom. The molecule has 0 aromatic heterocycles. The van der Waals surface area contributed by atoms with Crippen molar-refractivity contribution in [3.63, 3.8) is 0 Å². The fourth-order valence-electron chi connectivity index (χ4n) is 2.79. The van der Waals surface area contributed by atoms with Crippen LogP contribution in [-0.4, -0.2) is 30.8 Å². The van der Waals surface area contributed by atoms with Gasteiger partial charge in [-0.2, -0.15) is 0 Å². The van der Waals surface area contributed by atoms with Gasteiger partial charge in [-0.05, 0) is 37.0 Å². The maximum absolute atomic E-state index is 13.5. The Hall–Kier alpha value is -1.46. The summed E-state index contributed by atoms with van der Waals surface area (Å²) in [5, 5.41) is 12.7. The van der Waals surface area contributed by atoms with E-state index in [0.29, 0.717) is 11.1 Å². The first-order valence-electron chi connectivity index (χ1n) is 7.35. The first kappa shape index (κ1) is 15.9. The zero-order valence-electron chi connectivity index (χ0n) is 12.3. The third-order valence-corrected chi connectivity index (χ3v) is 4.02. The Morgan fingerprint density at radius 1 is 1.48 bits per heavy atom. The molecule has 1 aromatic rings. The molecule has 0 aliphatic heterocycles. The van der Waals surface area contributed by atoms with Crippen LogP contribution in [0.5, 0.6) is 0 Å². The molecule has 1 fully saturated rings. The van der Waals surface area contributed by atoms with E-state index in [1.807, 2.05) is 0 Å². The summed E-state index contributed by atoms with van der Waals surface area (Å²) in [6, 6.07) is 4.18. The number of nitrogens with one attached hydrogen (secondary N) is 1. The lowest BCUT2D eigenvalue weighted by Gasteiger charge is -2.18. The predicted molar refractivity (Wildman–Crippen MR) is 77.4 cm³/mol. The Labute approximate surface area is 124 Å². The summed E-state index contributed by atoms with van der Waals surface area (Å²) in [7, 11) is 1.48. The molecule has 1 aliphatic carbocycles. The van der Waals surface area contributed by atoms with Gasteiger partial charge < -0.3 is 15.2 Å². The Morgan fingerprint density at radius 2 is 2.19 bits per heavy atom. The molecule has 116 valence electrons. The number of methoxy groups -OCH3 is 1. The Bertz CT molecular complexity index is 486. The van der Waals surface area contributed by atoms with Crippen molar-refractivity contribution in [2.24, 2.45) is 5.92 Å². The van der Waals surface area contributed by atoms with Crippen molar-refractivity contribution in [1.82, 2.24) is 5.32 Å². The zero-order chi connectivity index (χ0) is 15.2. The molecule has 0 spiro atoms. The Balaban J connectivity index is 1.92. The van der Waals surface area contributed by atoms with E-state index >= 15 is 0 Å². The van der Waals surface area contributed by atoms with Gasteiger partial charge in [0.25, 0.3) is 5.91 Å². The minimum atomic E-state index is -0.504. The van der Waals surface area contributed by atoms with Gasteiger partial charge in [0.15, 0.2) is 0 Å². The van der Waals surface area contributed by atoms with Gasteiger partial charge in [-0.3, -0.25) is 4.79 Å². The summed E-state index contributed by atoms with van der Waals surface area (Å²) >= 11 is 0. The number of carbonyl (C=O) groups excluding carboxylic acids is 1. The lowest BCUT2D eigenvalue weighted by atomic mass is 10.0. The third-order valence-electron chi connectivity index (χ3n) is 4.02. The highest BCUT2D eigenvalue weighted by Crippen LogP contribution is 2.27. The molecule has 1 atom stereocenters. The van der Waals surface area contributed by atoms with Crippen molar-refractivity contribution in [1.29, 1.82) is 0 Å². The van der Waals surface area contributed by atoms with Gasteiger partial charge >= 0.3 is 0 Å². The van der Waals surface area contributed by atoms with Crippen molar-refractivity contribution in [2.75, 3.05) is 13.7 Å². The van der Waals surface area contributed by atoms with Crippen LogP contribution in [0.15, 0.2) is 18.2 Å². The molecule has 0 saturated heterocycles. The van der Waals surface area contributed by atoms with E-state index in [9.17, 15) is 14.3 Å². The zero-order valence-corrected chi connectivity index (χ0v) is 12.3. The second kappa shape index (κ2) is 7.52. The van der Waals surface area contributed by atoms with Gasteiger partial charge in [0, 0.05) is 24.8 Å². The molecule has 2 rings (SSSR count). The lowest BCUT2D eigenvalue weighted by Crippen LogP contribution is -2.35. The fraction of sp³-hybridized carbons (Fsp3) is 0.562. The molecular weight excluding hydrogens is 273 g/mol. The molecule has 0 bridgehead atoms. The smallest absolute Gasteiger partial charge is 0.251 e. The number of aliphatic hydroxyl groups is 1. The van der Waals surface area contributed by atoms with E-state index in [1.165, 1.54) is 25.3 Å². The Kier molecular flexibility index (Phi) is 5.70. The largest absolute Gasteiger partial charge is 0.391 e. The molecule has 0 radical (unpaired) electrons. The molecule has 1 amide bonds. The molecule has 1 unspecified atom stereocenters. The highest BCUT2D eigenvalue weighted by Gasteiger charge is 2.23. The minimum Gasteiger partial charge on any atom is -0.391 e. The minimum absolute atomic E-state index is 0.123. The van der Waals surface area contributed by atoms with E-state index in [0.717, 1.165) is 25.7 Å². The van der Waals surface area contributed by atoms with Gasteiger partial charge in [-0.1, -0.05) is 12.8 Å². The molecule has 1 saturated carbocycles. The topological polar surface area (TPSA) is 58.6 Å². The summed E-state index contributed by atoms with van der Waals surface area (Å²) in [5.41, 5.74) is 0.726. The summed E-state index contributed by atoms with van der Waals surface area (Å²) in [6.45, 7) is 0.359. The van der Waals surface area contributed by atoms with E-state index in [2.05, 4.69) is 5.32 Å². The van der Waals surface area contributed by atoms with Gasteiger partial charge in [0.1, 0.15) is 5.82 Å². The molecule has 5 heteroatoms. The van der Waals surface area contributed by atoms with Gasteiger partial charge in [-0.25, -0.2) is 4.39 Å². The van der Waals surface area contributed by atoms with Gasteiger partial charge in [-0.15, -0.1) is 0 Å². The normalized spacial score (nSPS) is 16.9. The number of carbonyl (C=O) groups is 1. The summed E-state index contributed by atoms with van der Waals surface area (Å²) in [5.74, 6) is -0.411. The number of benzene rings is 1. The molecular formula is C16H22FNO3. The summed E-state index contributed by atoms with van der Waals surface area (Å²) in [4.78, 5) is 12.0. The number of aliphatic hydroxyl groups excluding tert-OH is 1. The lowest BCUT2D eigenvalue weighted by molar-refractivity contribution is 0.0840. The number of hydrogen-bond acceptors (Lipinski definition) is 3. The standard InChI is InChI=1S/C16H22FNO3/c1-21-10-13-8-12(6-7-14(13)17)16(20)18-9-15(19)11-4-2-3-5-11/h6-8,11,15,19H,2-5,9-10H2,1H3,(H,18,20). The van der Waals surface area contributed by atoms with Crippen LogP contribution >= 0.6 is 0 Å². The first-order chi connectivity index (χ1) is 10.1. The molecule has 4 nitrogen and oxygen atoms in total. The molecule has 0 heterocycles. The quantitative estimate of drug-likeness (QED) is 0.846. The molecule has 1 aliphatic rings. The van der Waals surface area contributed by atoms with E-state index in [-0.39, 0.29) is 30.8 Å². The first-order valence-corrected chi connectivity index (χ1v) is 7.35. The van der Waals surface area contributed by atoms with Crippen molar-refractivity contribution in [2.45, 2.75) is 38.4 Å². The van der Waals surface area contributed by atoms with Gasteiger partial charge in [0.05, 0.1) is 12.7 Å². The second-order valence-electron chi connectivity index (χ2n) is 5.56. The highest BCUT2D eigenvalue weighted by atomic mass is 19.1. The average molecular weight is 295 g/mol. The highest BCUT2D eigenvalue weighted by molar-refractivity contribution is 5.94. The van der Waals surface area contributed by atoms with Crippen LogP contribution in [0.3, 0.4) is 0 Å². The monoisotopic (exact) mass is 295 g/mol. The van der Waals surface area contributed by atoms with Crippen LogP contribution in [0.25, 0.3) is 0 Å². The number of hydrogen-bond donors (Lipinski definition) is 2. The SMILES string of the molecule is COCc1cc(C(=O)NCC(O)C2CCCC2)ccc1F. The van der Waals surface area contributed by atoms with E-state index in [4.69, 9.17) is 4.74 Å². The summed E-state index contributed by atoms with van der Waals surface area (Å²) in [6.07, 6.45) is 3.83. The second-order valence-corrected chi connectivity index (χ2v) is 5.56. The van der Waals surface area contributed by atoms with Crippen LogP contribution in [0.2, 0.25) is 0 Å². The molecule has 1 aromatic carbocycles. The van der Waals surface area contributed by atoms with Crippen molar-refractivity contribution < 1.29 is 19.0 Å². The maximum Gasteiger partial charge on any atom is 0.251 e. The van der Waals surface area contributed by atoms with Crippen molar-refractivity contribution in [3.05, 3.63) is 35.1 Å². The fourth-order valence-corrected chi connectivity index (χ4v) is 2.79. The van der Waals surface area contributed by atoms with Crippen LogP contribution in [-0.2, 0) is 11.3 Å². The van der Waals surface area contributed by atoms with Crippen LogP contribution in [0, 0.1) is 11.7 Å². The maximum atomic E-state index is 13.5. The van der Waals surface area contributed by atoms with Gasteiger partial charge in [0.2, 0.25) is 0 Å². The number of rotatable bonds is 6. The number of amides is 1. The van der Waals surface area contributed by atoms with E-state index in [1.54, 1.807) is 0 Å². The van der Waals surface area contributed by atoms with Crippen LogP contribution < -0.4 is 5.32 Å². The van der Waals surface area contributed by atoms with E-state index < -0.39 is 6.10 Å². The number of ether oxygens (including phenoxy) is 1. The molecule has 21 heavy (non-hydrogen) atoms. The summed E-state index contributed by atoms with van der Waals surface area (Å²) < 4.78 is 18.4. The number of halogens is 1. The van der Waals surface area contributed by atoms with Crippen LogP contribution in [0.4, 0.5) is 4.39 Å². The van der Waals surface area contributed by atoms with Crippen molar-refractivity contribution >= 4 is 5.91 Å². The van der Waals surface area contributed by atoms with Crippen molar-refractivity contribution in [3.8, 4) is 0 Å². The average Bonchev–Trinajstić information content (AvgIpc) is 3.01. The molecule has 2 N–H and O–H groups in total. The van der Waals surface area contributed by atoms with Crippen LogP contribution in [0.1, 0.15) is 41.6 Å².